The Morgan fingerprint density at radius 1 is 1.67 bits per heavy atom. The molecule has 0 saturated carbocycles. The number of fused-ring (bicyclic) bond motifs is 1. The second-order valence-electron chi connectivity index (χ2n) is 4.02. The first-order valence-corrected chi connectivity index (χ1v) is 5.28. The molecule has 3 heterocycles. The third-order valence-corrected chi connectivity index (χ3v) is 2.81. The number of H-pyrrole nitrogens is 1. The number of nitrogen functional groups attached to an aromatic ring is 1. The number of anilines is 1. The van der Waals surface area contributed by atoms with Crippen molar-refractivity contribution in [2.45, 2.75) is 18.8 Å². The lowest BCUT2D eigenvalue weighted by atomic mass is 10.3. The highest BCUT2D eigenvalue weighted by Gasteiger charge is 2.32. The first kappa shape index (κ1) is 10.8. The highest BCUT2D eigenvalue weighted by Crippen LogP contribution is 2.33. The first-order valence-electron chi connectivity index (χ1n) is 5.28. The highest BCUT2D eigenvalue weighted by molar-refractivity contribution is 5.70. The monoisotopic (exact) mass is 251 g/mol. The average molecular weight is 251 g/mol. The summed E-state index contributed by atoms with van der Waals surface area (Å²) in [6.07, 6.45) is -0.348. The number of alkyl halides is 1. The molecule has 0 radical (unpaired) electrons. The van der Waals surface area contributed by atoms with E-state index in [2.05, 4.69) is 21.5 Å². The van der Waals surface area contributed by atoms with Crippen LogP contribution in [0.5, 0.6) is 0 Å². The highest BCUT2D eigenvalue weighted by atomic mass is 19.1. The van der Waals surface area contributed by atoms with E-state index in [0.29, 0.717) is 0 Å². The van der Waals surface area contributed by atoms with Gasteiger partial charge in [0.2, 0.25) is 5.95 Å². The maximum absolute atomic E-state index is 13.3. The third-order valence-electron chi connectivity index (χ3n) is 2.81. The minimum absolute atomic E-state index is 0.0251. The van der Waals surface area contributed by atoms with Gasteiger partial charge in [0.15, 0.2) is 23.6 Å². The molecule has 0 bridgehead atoms. The van der Waals surface area contributed by atoms with Crippen LogP contribution in [0.15, 0.2) is 23.5 Å². The summed E-state index contributed by atoms with van der Waals surface area (Å²) in [6.45, 7) is 3.47. The van der Waals surface area contributed by atoms with E-state index in [1.54, 1.807) is 0 Å². The van der Waals surface area contributed by atoms with Crippen LogP contribution >= 0.6 is 0 Å². The fourth-order valence-corrected chi connectivity index (χ4v) is 1.93. The number of halogens is 1. The van der Waals surface area contributed by atoms with Crippen LogP contribution in [-0.4, -0.2) is 25.7 Å². The molecule has 1 fully saturated rings. The largest absolute Gasteiger partial charge is 0.472 e. The molecule has 1 aliphatic rings. The zero-order valence-electron chi connectivity index (χ0n) is 9.26. The molecular formula is C10H10FN5O2. The van der Waals surface area contributed by atoms with Crippen LogP contribution in [0.2, 0.25) is 0 Å². The summed E-state index contributed by atoms with van der Waals surface area (Å²) in [7, 11) is 0. The van der Waals surface area contributed by atoms with Crippen molar-refractivity contribution in [2.75, 3.05) is 5.73 Å². The number of nitrogens with zero attached hydrogens (tertiary/aromatic N) is 3. The number of hydrogen-bond acceptors (Lipinski definition) is 5. The third kappa shape index (κ3) is 1.45. The van der Waals surface area contributed by atoms with Gasteiger partial charge < -0.3 is 10.5 Å². The van der Waals surface area contributed by atoms with Gasteiger partial charge in [-0.1, -0.05) is 6.58 Å². The molecule has 3 N–H and O–H groups in total. The zero-order chi connectivity index (χ0) is 12.9. The van der Waals surface area contributed by atoms with Crippen molar-refractivity contribution in [2.24, 2.45) is 0 Å². The number of hydrogen-bond donors (Lipinski definition) is 2. The molecule has 7 nitrogen and oxygen atoms in total. The maximum atomic E-state index is 13.3. The van der Waals surface area contributed by atoms with E-state index in [1.165, 1.54) is 10.9 Å². The van der Waals surface area contributed by atoms with Gasteiger partial charge in [0.05, 0.1) is 0 Å². The quantitative estimate of drug-likeness (QED) is 0.767. The predicted molar refractivity (Wildman–Crippen MR) is 61.3 cm³/mol. The molecular weight excluding hydrogens is 241 g/mol. The van der Waals surface area contributed by atoms with Gasteiger partial charge in [0, 0.05) is 6.42 Å². The molecule has 2 aromatic rings. The Balaban J connectivity index is 2.14. The molecule has 18 heavy (non-hydrogen) atoms. The Morgan fingerprint density at radius 2 is 2.44 bits per heavy atom. The number of ether oxygens (including phenoxy) is 1. The SMILES string of the molecule is C=C1O[C@@H](n2cnc3c(=O)[nH]c(N)nc32)CC1F. The van der Waals surface area contributed by atoms with E-state index < -0.39 is 18.0 Å². The van der Waals surface area contributed by atoms with E-state index in [1.807, 2.05) is 0 Å². The molecule has 1 unspecified atom stereocenters. The molecule has 1 saturated heterocycles. The van der Waals surface area contributed by atoms with Crippen LogP contribution in [0, 0.1) is 0 Å². The van der Waals surface area contributed by atoms with Gasteiger partial charge in [-0.05, 0) is 0 Å². The van der Waals surface area contributed by atoms with Crippen LogP contribution in [0.1, 0.15) is 12.6 Å². The van der Waals surface area contributed by atoms with E-state index in [-0.39, 0.29) is 29.3 Å². The lowest BCUT2D eigenvalue weighted by molar-refractivity contribution is 0.102. The number of nitrogens with one attached hydrogen (secondary N) is 1. The molecule has 0 aliphatic carbocycles. The molecule has 2 aromatic heterocycles. The number of aromatic amines is 1. The van der Waals surface area contributed by atoms with Gasteiger partial charge in [0.25, 0.3) is 5.56 Å². The van der Waals surface area contributed by atoms with Crippen LogP contribution in [0.3, 0.4) is 0 Å². The molecule has 1 aliphatic heterocycles. The average Bonchev–Trinajstić information content (AvgIpc) is 2.83. The summed E-state index contributed by atoms with van der Waals surface area (Å²) in [5.74, 6) is 0.0440. The molecule has 0 amide bonds. The lowest BCUT2D eigenvalue weighted by Crippen LogP contribution is -2.13. The normalized spacial score (nSPS) is 23.5. The Kier molecular flexibility index (Phi) is 2.12. The van der Waals surface area contributed by atoms with Crippen LogP contribution in [-0.2, 0) is 4.74 Å². The van der Waals surface area contributed by atoms with E-state index >= 15 is 0 Å². The van der Waals surface area contributed by atoms with Crippen LogP contribution in [0.4, 0.5) is 10.3 Å². The lowest BCUT2D eigenvalue weighted by Gasteiger charge is -2.11. The van der Waals surface area contributed by atoms with Gasteiger partial charge in [0.1, 0.15) is 12.1 Å². The summed E-state index contributed by atoms with van der Waals surface area (Å²) < 4.78 is 20.1. The molecule has 0 aromatic carbocycles. The van der Waals surface area contributed by atoms with E-state index in [9.17, 15) is 9.18 Å². The number of rotatable bonds is 1. The molecule has 8 heteroatoms. The minimum Gasteiger partial charge on any atom is -0.472 e. The number of aromatic nitrogens is 4. The summed E-state index contributed by atoms with van der Waals surface area (Å²) in [5.41, 5.74) is 5.43. The van der Waals surface area contributed by atoms with Gasteiger partial charge in [-0.25, -0.2) is 9.37 Å². The standard InChI is InChI=1S/C10H10FN5O2/c1-4-5(11)2-6(18-4)16-3-13-7-8(16)14-10(12)15-9(7)17/h3,5-6H,1-2H2,(H3,12,14,15,17)/t5?,6-/m1/s1. The summed E-state index contributed by atoms with van der Waals surface area (Å²) in [6, 6.07) is 0. The summed E-state index contributed by atoms with van der Waals surface area (Å²) in [4.78, 5) is 21.8. The van der Waals surface area contributed by atoms with Gasteiger partial charge >= 0.3 is 0 Å². The number of allylic oxidation sites excluding steroid dienone is 1. The van der Waals surface area contributed by atoms with Gasteiger partial charge in [-0.3, -0.25) is 14.3 Å². The van der Waals surface area contributed by atoms with Crippen molar-refractivity contribution in [3.05, 3.63) is 29.0 Å². The van der Waals surface area contributed by atoms with Crippen molar-refractivity contribution in [3.63, 3.8) is 0 Å². The Hall–Kier alpha value is -2.38. The first-order chi connectivity index (χ1) is 8.56. The second kappa shape index (κ2) is 3.56. The predicted octanol–water partition coefficient (Wildman–Crippen LogP) is 0.472. The van der Waals surface area contributed by atoms with Gasteiger partial charge in [-0.15, -0.1) is 0 Å². The Labute approximate surface area is 100 Å². The van der Waals surface area contributed by atoms with Crippen LogP contribution < -0.4 is 11.3 Å². The zero-order valence-corrected chi connectivity index (χ0v) is 9.26. The number of imidazole rings is 1. The smallest absolute Gasteiger partial charge is 0.280 e. The fourth-order valence-electron chi connectivity index (χ4n) is 1.93. The van der Waals surface area contributed by atoms with Crippen molar-refractivity contribution < 1.29 is 9.13 Å². The van der Waals surface area contributed by atoms with Crippen LogP contribution in [0.25, 0.3) is 11.2 Å². The van der Waals surface area contributed by atoms with Gasteiger partial charge in [-0.2, -0.15) is 4.98 Å². The number of nitrogens with two attached hydrogens (primary N) is 1. The van der Waals surface area contributed by atoms with Crippen molar-refractivity contribution >= 4 is 17.1 Å². The maximum Gasteiger partial charge on any atom is 0.280 e. The Morgan fingerprint density at radius 3 is 3.11 bits per heavy atom. The van der Waals surface area contributed by atoms with Crippen molar-refractivity contribution in [1.29, 1.82) is 0 Å². The van der Waals surface area contributed by atoms with Crippen molar-refractivity contribution in [1.82, 2.24) is 19.5 Å². The van der Waals surface area contributed by atoms with Crippen molar-refractivity contribution in [3.8, 4) is 0 Å². The minimum atomic E-state index is -1.23. The van der Waals surface area contributed by atoms with E-state index in [4.69, 9.17) is 10.5 Å². The summed E-state index contributed by atoms with van der Waals surface area (Å²) in [5, 5.41) is 0. The van der Waals surface area contributed by atoms with E-state index in [0.717, 1.165) is 0 Å². The topological polar surface area (TPSA) is 98.8 Å². The Bertz CT molecular complexity index is 691. The summed E-state index contributed by atoms with van der Waals surface area (Å²) >= 11 is 0. The second-order valence-corrected chi connectivity index (χ2v) is 4.02. The molecule has 2 atom stereocenters. The molecule has 3 rings (SSSR count). The molecule has 0 spiro atoms. The molecule has 94 valence electrons. The fraction of sp³-hybridized carbons (Fsp3) is 0.300.